The molecule has 5 rings (SSSR count). The van der Waals surface area contributed by atoms with Gasteiger partial charge in [-0.3, -0.25) is 4.79 Å². The topological polar surface area (TPSA) is 76.0 Å². The summed E-state index contributed by atoms with van der Waals surface area (Å²) in [5.74, 6) is 0.872. The Morgan fingerprint density at radius 2 is 1.82 bits per heavy atom. The van der Waals surface area contributed by atoms with E-state index in [0.29, 0.717) is 16.8 Å². The summed E-state index contributed by atoms with van der Waals surface area (Å²) in [4.78, 5) is 23.2. The second-order valence-corrected chi connectivity index (χ2v) is 7.33. The zero-order valence-corrected chi connectivity index (χ0v) is 15.8. The van der Waals surface area contributed by atoms with Gasteiger partial charge in [-0.2, -0.15) is 9.78 Å². The Kier molecular flexibility index (Phi) is 3.91. The van der Waals surface area contributed by atoms with Crippen molar-refractivity contribution in [3.8, 4) is 16.9 Å². The number of rotatable bonds is 2. The third-order valence-electron chi connectivity index (χ3n) is 5.10. The molecule has 0 amide bonds. The fraction of sp³-hybridized carbons (Fsp3) is 0.286. The number of hydrogen-bond donors (Lipinski definition) is 1. The molecule has 1 saturated heterocycles. The van der Waals surface area contributed by atoms with Crippen LogP contribution in [-0.4, -0.2) is 45.0 Å². The zero-order valence-electron chi connectivity index (χ0n) is 15.8. The Bertz CT molecular complexity index is 1160. The molecular weight excluding hydrogens is 354 g/mol. The molecule has 1 N–H and O–H groups in total. The lowest BCUT2D eigenvalue weighted by Crippen LogP contribution is -2.45. The molecule has 2 atom stereocenters. The van der Waals surface area contributed by atoms with E-state index in [1.54, 1.807) is 6.20 Å². The van der Waals surface area contributed by atoms with Gasteiger partial charge >= 0.3 is 0 Å². The molecule has 0 spiro atoms. The second-order valence-electron chi connectivity index (χ2n) is 7.33. The maximum absolute atomic E-state index is 12.9. The van der Waals surface area contributed by atoms with Crippen LogP contribution >= 0.6 is 0 Å². The fourth-order valence-electron chi connectivity index (χ4n) is 3.90. The molecule has 1 aromatic heterocycles. The number of H-pyrrole nitrogens is 1. The average molecular weight is 375 g/mol. The summed E-state index contributed by atoms with van der Waals surface area (Å²) in [5, 5.41) is 4.61. The molecule has 0 bridgehead atoms. The highest BCUT2D eigenvalue weighted by Gasteiger charge is 2.25. The highest BCUT2D eigenvalue weighted by atomic mass is 16.5. The van der Waals surface area contributed by atoms with Gasteiger partial charge in [-0.15, -0.1) is 0 Å². The molecule has 0 radical (unpaired) electrons. The minimum Gasteiger partial charge on any atom is -0.372 e. The van der Waals surface area contributed by atoms with Crippen LogP contribution in [0.15, 0.2) is 53.5 Å². The predicted molar refractivity (Wildman–Crippen MR) is 108 cm³/mol. The van der Waals surface area contributed by atoms with Crippen LogP contribution in [0, 0.1) is 0 Å². The molecule has 28 heavy (non-hydrogen) atoms. The third kappa shape index (κ3) is 2.75. The summed E-state index contributed by atoms with van der Waals surface area (Å²) in [6, 6.07) is 13.4. The molecule has 4 heterocycles. The molecule has 3 aliphatic heterocycles. The number of morpholine rings is 1. The van der Waals surface area contributed by atoms with Gasteiger partial charge in [-0.05, 0) is 38.1 Å². The van der Waals surface area contributed by atoms with Crippen LogP contribution in [0.1, 0.15) is 13.8 Å². The van der Waals surface area contributed by atoms with Crippen LogP contribution < -0.4 is 10.5 Å². The van der Waals surface area contributed by atoms with E-state index in [1.165, 1.54) is 4.68 Å². The fourth-order valence-corrected chi connectivity index (χ4v) is 3.90. The van der Waals surface area contributed by atoms with Crippen molar-refractivity contribution < 1.29 is 4.74 Å². The number of pyridine rings is 2. The van der Waals surface area contributed by atoms with E-state index in [-0.39, 0.29) is 17.8 Å². The van der Waals surface area contributed by atoms with E-state index in [2.05, 4.69) is 28.8 Å². The normalized spacial score (nSPS) is 20.1. The first-order chi connectivity index (χ1) is 13.6. The number of nitrogens with one attached hydrogen (secondary N) is 1. The highest BCUT2D eigenvalue weighted by molar-refractivity contribution is 5.91. The van der Waals surface area contributed by atoms with Crippen molar-refractivity contribution in [3.63, 3.8) is 0 Å². The molecule has 1 aromatic carbocycles. The van der Waals surface area contributed by atoms with E-state index >= 15 is 0 Å². The molecule has 2 unspecified atom stereocenters. The molecular formula is C21H21N5O2. The Morgan fingerprint density at radius 3 is 2.57 bits per heavy atom. The van der Waals surface area contributed by atoms with Crippen LogP contribution in [0.2, 0.25) is 0 Å². The van der Waals surface area contributed by atoms with Crippen molar-refractivity contribution in [2.24, 2.45) is 0 Å². The molecule has 7 heteroatoms. The SMILES string of the molecule is CC1CN(c2ccc3[nH]cc4c(=O)n(-c5ccccc5)nc-4c3n2)CC(C)O1. The quantitative estimate of drug-likeness (QED) is 0.583. The molecule has 3 aliphatic rings. The number of benzene rings is 1. The van der Waals surface area contributed by atoms with E-state index < -0.39 is 0 Å². The van der Waals surface area contributed by atoms with Gasteiger partial charge in [0.05, 0.1) is 29.0 Å². The van der Waals surface area contributed by atoms with Gasteiger partial charge in [0.1, 0.15) is 17.0 Å². The highest BCUT2D eigenvalue weighted by Crippen LogP contribution is 2.27. The van der Waals surface area contributed by atoms with E-state index in [1.807, 2.05) is 42.5 Å². The van der Waals surface area contributed by atoms with Crippen molar-refractivity contribution in [1.82, 2.24) is 19.7 Å². The van der Waals surface area contributed by atoms with E-state index in [4.69, 9.17) is 9.72 Å². The molecule has 0 aliphatic carbocycles. The van der Waals surface area contributed by atoms with Gasteiger partial charge in [-0.25, -0.2) is 4.98 Å². The van der Waals surface area contributed by atoms with Crippen LogP contribution in [0.25, 0.3) is 28.0 Å². The van der Waals surface area contributed by atoms with E-state index in [9.17, 15) is 4.79 Å². The Morgan fingerprint density at radius 1 is 1.07 bits per heavy atom. The summed E-state index contributed by atoms with van der Waals surface area (Å²) < 4.78 is 7.27. The summed E-state index contributed by atoms with van der Waals surface area (Å²) in [6.45, 7) is 5.71. The van der Waals surface area contributed by atoms with Gasteiger partial charge in [0.2, 0.25) is 0 Å². The number of fused-ring (bicyclic) bond motifs is 3. The van der Waals surface area contributed by atoms with Gasteiger partial charge in [0.15, 0.2) is 0 Å². The number of para-hydroxylation sites is 1. The standard InChI is InChI=1S/C21H21N5O2/c1-13-11-25(12-14(2)28-13)18-9-8-17-20(23-18)19-16(10-22-17)21(27)26(24-19)15-6-4-3-5-7-15/h3-10,13-14,22H,11-12H2,1-2H3. The number of aromatic nitrogens is 4. The first-order valence-electron chi connectivity index (χ1n) is 9.47. The van der Waals surface area contributed by atoms with Crippen LogP contribution in [0.5, 0.6) is 0 Å². The Hall–Kier alpha value is -3.19. The zero-order chi connectivity index (χ0) is 19.3. The minimum atomic E-state index is -0.153. The summed E-state index contributed by atoms with van der Waals surface area (Å²) in [6.07, 6.45) is 2.01. The predicted octanol–water partition coefficient (Wildman–Crippen LogP) is 2.83. The number of hydrogen-bond acceptors (Lipinski definition) is 5. The number of nitrogens with zero attached hydrogens (tertiary/aromatic N) is 4. The third-order valence-corrected chi connectivity index (χ3v) is 5.10. The average Bonchev–Trinajstić information content (AvgIpc) is 3.04. The maximum atomic E-state index is 12.9. The summed E-state index contributed by atoms with van der Waals surface area (Å²) >= 11 is 0. The van der Waals surface area contributed by atoms with Gasteiger partial charge in [0.25, 0.3) is 5.56 Å². The second kappa shape index (κ2) is 6.45. The van der Waals surface area contributed by atoms with Crippen molar-refractivity contribution in [3.05, 3.63) is 59.0 Å². The van der Waals surface area contributed by atoms with Gasteiger partial charge in [-0.1, -0.05) is 18.2 Å². The Balaban J connectivity index is 1.66. The van der Waals surface area contributed by atoms with Crippen molar-refractivity contribution in [2.75, 3.05) is 18.0 Å². The van der Waals surface area contributed by atoms with Crippen molar-refractivity contribution in [2.45, 2.75) is 26.1 Å². The van der Waals surface area contributed by atoms with Crippen LogP contribution in [0.3, 0.4) is 0 Å². The number of aromatic amines is 1. The van der Waals surface area contributed by atoms with Crippen LogP contribution in [-0.2, 0) is 4.74 Å². The van der Waals surface area contributed by atoms with Crippen molar-refractivity contribution in [1.29, 1.82) is 0 Å². The van der Waals surface area contributed by atoms with Gasteiger partial charge in [0, 0.05) is 19.3 Å². The first kappa shape index (κ1) is 16.9. The van der Waals surface area contributed by atoms with Gasteiger partial charge < -0.3 is 14.6 Å². The first-order valence-corrected chi connectivity index (χ1v) is 9.47. The lowest BCUT2D eigenvalue weighted by molar-refractivity contribution is -0.00544. The summed E-state index contributed by atoms with van der Waals surface area (Å²) in [5.41, 5.74) is 3.28. The summed E-state index contributed by atoms with van der Waals surface area (Å²) in [7, 11) is 0. The smallest absolute Gasteiger partial charge is 0.282 e. The van der Waals surface area contributed by atoms with E-state index in [0.717, 1.165) is 30.1 Å². The lowest BCUT2D eigenvalue weighted by Gasteiger charge is -2.36. The lowest BCUT2D eigenvalue weighted by atomic mass is 10.1. The van der Waals surface area contributed by atoms with Crippen molar-refractivity contribution >= 4 is 16.9 Å². The largest absolute Gasteiger partial charge is 0.372 e. The molecule has 0 saturated carbocycles. The monoisotopic (exact) mass is 375 g/mol. The molecule has 2 aromatic rings. The maximum Gasteiger partial charge on any atom is 0.282 e. The number of anilines is 1. The minimum absolute atomic E-state index is 0.147. The van der Waals surface area contributed by atoms with Crippen LogP contribution in [0.4, 0.5) is 5.82 Å². The molecule has 142 valence electrons. The Labute approximate surface area is 161 Å². The molecule has 1 fully saturated rings. The molecule has 7 nitrogen and oxygen atoms in total. The number of ether oxygens (including phenoxy) is 1.